The highest BCUT2D eigenvalue weighted by atomic mass is 16.3. The number of likely N-dealkylation sites (tertiary alicyclic amines) is 1. The average molecular weight is 266 g/mol. The molecule has 1 aromatic rings. The van der Waals surface area contributed by atoms with E-state index in [2.05, 4.69) is 5.10 Å². The molecule has 0 bridgehead atoms. The van der Waals surface area contributed by atoms with E-state index in [0.29, 0.717) is 36.7 Å². The lowest BCUT2D eigenvalue weighted by Crippen LogP contribution is -2.66. The van der Waals surface area contributed by atoms with Crippen LogP contribution in [0.25, 0.3) is 0 Å². The fraction of sp³-hybridized carbons (Fsp3) is 0.692. The topological polar surface area (TPSA) is 84.4 Å². The Labute approximate surface area is 113 Å². The van der Waals surface area contributed by atoms with Gasteiger partial charge in [-0.2, -0.15) is 5.10 Å². The zero-order valence-electron chi connectivity index (χ0n) is 12.0. The van der Waals surface area contributed by atoms with E-state index in [9.17, 15) is 9.90 Å². The molecular formula is C13H22N4O2. The summed E-state index contributed by atoms with van der Waals surface area (Å²) in [6.07, 6.45) is 0. The smallest absolute Gasteiger partial charge is 0.274 e. The summed E-state index contributed by atoms with van der Waals surface area (Å²) in [5, 5.41) is 14.5. The van der Waals surface area contributed by atoms with E-state index < -0.39 is 5.60 Å². The van der Waals surface area contributed by atoms with Crippen molar-refractivity contribution in [2.45, 2.75) is 39.8 Å². The lowest BCUT2D eigenvalue weighted by atomic mass is 9.83. The van der Waals surface area contributed by atoms with E-state index in [-0.39, 0.29) is 11.8 Å². The molecule has 0 atom stereocenters. The van der Waals surface area contributed by atoms with Gasteiger partial charge in [0.05, 0.1) is 24.5 Å². The molecule has 3 N–H and O–H groups in total. The third-order valence-corrected chi connectivity index (χ3v) is 3.97. The highest BCUT2D eigenvalue weighted by Crippen LogP contribution is 2.31. The first-order chi connectivity index (χ1) is 8.80. The van der Waals surface area contributed by atoms with Gasteiger partial charge in [-0.1, -0.05) is 13.8 Å². The third-order valence-electron chi connectivity index (χ3n) is 3.97. The number of nitrogens with zero attached hydrogens (tertiary/aromatic N) is 3. The lowest BCUT2D eigenvalue weighted by Gasteiger charge is -2.48. The SMILES string of the molecule is CCn1nc(C)c(N)c1C(=O)N1CC(O)(C(C)C)C1. The Kier molecular flexibility index (Phi) is 3.30. The molecule has 0 saturated carbocycles. The summed E-state index contributed by atoms with van der Waals surface area (Å²) < 4.78 is 1.62. The summed E-state index contributed by atoms with van der Waals surface area (Å²) in [7, 11) is 0. The normalized spacial score (nSPS) is 17.7. The number of β-amino-alcohol motifs (C(OH)–C–C–N with tert-alkyl or cyclic N) is 1. The number of anilines is 1. The second kappa shape index (κ2) is 4.52. The molecule has 106 valence electrons. The van der Waals surface area contributed by atoms with E-state index >= 15 is 0 Å². The van der Waals surface area contributed by atoms with Gasteiger partial charge < -0.3 is 15.7 Å². The van der Waals surface area contributed by atoms with Crippen LogP contribution >= 0.6 is 0 Å². The van der Waals surface area contributed by atoms with Gasteiger partial charge in [0.2, 0.25) is 0 Å². The van der Waals surface area contributed by atoms with E-state index in [1.54, 1.807) is 16.5 Å². The highest BCUT2D eigenvalue weighted by molar-refractivity contribution is 5.98. The predicted molar refractivity (Wildman–Crippen MR) is 72.7 cm³/mol. The summed E-state index contributed by atoms with van der Waals surface area (Å²) in [6.45, 7) is 8.93. The molecule has 0 spiro atoms. The van der Waals surface area contributed by atoms with Crippen molar-refractivity contribution in [3.05, 3.63) is 11.4 Å². The fourth-order valence-electron chi connectivity index (χ4n) is 2.32. The van der Waals surface area contributed by atoms with Gasteiger partial charge in [0.1, 0.15) is 11.3 Å². The summed E-state index contributed by atoms with van der Waals surface area (Å²) >= 11 is 0. The Morgan fingerprint density at radius 1 is 1.53 bits per heavy atom. The van der Waals surface area contributed by atoms with Crippen LogP contribution in [-0.2, 0) is 6.54 Å². The molecule has 1 aromatic heterocycles. The first-order valence-corrected chi connectivity index (χ1v) is 6.64. The molecule has 1 fully saturated rings. The number of aromatic nitrogens is 2. The predicted octanol–water partition coefficient (Wildman–Crippen LogP) is 0.637. The number of nitrogen functional groups attached to an aromatic ring is 1. The molecule has 0 unspecified atom stereocenters. The maximum atomic E-state index is 12.4. The van der Waals surface area contributed by atoms with Crippen LogP contribution in [-0.4, -0.2) is 44.4 Å². The molecule has 0 radical (unpaired) electrons. The van der Waals surface area contributed by atoms with Crippen molar-refractivity contribution in [1.82, 2.24) is 14.7 Å². The number of carbonyl (C=O) groups is 1. The van der Waals surface area contributed by atoms with Crippen LogP contribution in [0.5, 0.6) is 0 Å². The molecule has 1 saturated heterocycles. The highest BCUT2D eigenvalue weighted by Gasteiger charge is 2.46. The van der Waals surface area contributed by atoms with Crippen LogP contribution in [0.1, 0.15) is 37.0 Å². The van der Waals surface area contributed by atoms with Crippen molar-refractivity contribution >= 4 is 11.6 Å². The summed E-state index contributed by atoms with van der Waals surface area (Å²) in [6, 6.07) is 0. The number of nitrogens with two attached hydrogens (primary N) is 1. The minimum absolute atomic E-state index is 0.131. The summed E-state index contributed by atoms with van der Waals surface area (Å²) in [4.78, 5) is 14.0. The van der Waals surface area contributed by atoms with Gasteiger partial charge in [-0.05, 0) is 19.8 Å². The van der Waals surface area contributed by atoms with Gasteiger partial charge in [0, 0.05) is 6.54 Å². The van der Waals surface area contributed by atoms with Crippen molar-refractivity contribution < 1.29 is 9.90 Å². The van der Waals surface area contributed by atoms with Crippen LogP contribution < -0.4 is 5.73 Å². The molecule has 2 rings (SSSR count). The van der Waals surface area contributed by atoms with E-state index in [1.807, 2.05) is 20.8 Å². The van der Waals surface area contributed by atoms with Gasteiger partial charge in [0.15, 0.2) is 0 Å². The van der Waals surface area contributed by atoms with Crippen molar-refractivity contribution in [3.63, 3.8) is 0 Å². The fourth-order valence-corrected chi connectivity index (χ4v) is 2.32. The third kappa shape index (κ3) is 2.10. The van der Waals surface area contributed by atoms with Gasteiger partial charge in [-0.25, -0.2) is 0 Å². The quantitative estimate of drug-likeness (QED) is 0.840. The molecule has 2 heterocycles. The average Bonchev–Trinajstić information content (AvgIpc) is 2.60. The van der Waals surface area contributed by atoms with Crippen molar-refractivity contribution in [2.75, 3.05) is 18.8 Å². The van der Waals surface area contributed by atoms with E-state index in [4.69, 9.17) is 5.73 Å². The van der Waals surface area contributed by atoms with Crippen LogP contribution in [0.4, 0.5) is 5.69 Å². The Hall–Kier alpha value is -1.56. The Balaban J connectivity index is 2.19. The maximum absolute atomic E-state index is 12.4. The second-order valence-corrected chi connectivity index (χ2v) is 5.58. The van der Waals surface area contributed by atoms with Crippen LogP contribution in [0.3, 0.4) is 0 Å². The first kappa shape index (κ1) is 13.9. The number of carbonyl (C=O) groups excluding carboxylic acids is 1. The molecule has 1 aliphatic rings. The van der Waals surface area contributed by atoms with E-state index in [1.165, 1.54) is 0 Å². The van der Waals surface area contributed by atoms with Gasteiger partial charge in [0.25, 0.3) is 5.91 Å². The van der Waals surface area contributed by atoms with Gasteiger partial charge >= 0.3 is 0 Å². The first-order valence-electron chi connectivity index (χ1n) is 6.64. The number of amides is 1. The Morgan fingerprint density at radius 3 is 2.58 bits per heavy atom. The molecule has 0 aromatic carbocycles. The number of hydrogen-bond acceptors (Lipinski definition) is 4. The lowest BCUT2D eigenvalue weighted by molar-refractivity contribution is -0.111. The van der Waals surface area contributed by atoms with Gasteiger partial charge in [-0.15, -0.1) is 0 Å². The minimum Gasteiger partial charge on any atom is -0.395 e. The van der Waals surface area contributed by atoms with Crippen molar-refractivity contribution in [1.29, 1.82) is 0 Å². The van der Waals surface area contributed by atoms with Gasteiger partial charge in [-0.3, -0.25) is 9.48 Å². The number of aryl methyl sites for hydroxylation is 2. The van der Waals surface area contributed by atoms with E-state index in [0.717, 1.165) is 0 Å². The number of rotatable bonds is 3. The molecule has 1 amide bonds. The zero-order chi connectivity index (χ0) is 14.4. The zero-order valence-corrected chi connectivity index (χ0v) is 12.0. The molecule has 6 nitrogen and oxygen atoms in total. The largest absolute Gasteiger partial charge is 0.395 e. The molecular weight excluding hydrogens is 244 g/mol. The van der Waals surface area contributed by atoms with Crippen LogP contribution in [0.2, 0.25) is 0 Å². The maximum Gasteiger partial charge on any atom is 0.274 e. The minimum atomic E-state index is -0.767. The molecule has 0 aliphatic carbocycles. The molecule has 1 aliphatic heterocycles. The summed E-state index contributed by atoms with van der Waals surface area (Å²) in [5.41, 5.74) is 6.71. The Morgan fingerprint density at radius 2 is 2.11 bits per heavy atom. The molecule has 19 heavy (non-hydrogen) atoms. The van der Waals surface area contributed by atoms with Crippen LogP contribution in [0.15, 0.2) is 0 Å². The summed E-state index contributed by atoms with van der Waals surface area (Å²) in [5.74, 6) is -0.0167. The Bertz CT molecular complexity index is 501. The monoisotopic (exact) mass is 266 g/mol. The van der Waals surface area contributed by atoms with Crippen molar-refractivity contribution in [3.8, 4) is 0 Å². The molecule has 6 heteroatoms. The number of aliphatic hydroxyl groups is 1. The second-order valence-electron chi connectivity index (χ2n) is 5.58. The number of hydrogen-bond donors (Lipinski definition) is 2. The van der Waals surface area contributed by atoms with Crippen molar-refractivity contribution in [2.24, 2.45) is 5.92 Å². The standard InChI is InChI=1S/C13H22N4O2/c1-5-17-11(10(14)9(4)15-17)12(18)16-6-13(19,7-16)8(2)3/h8,19H,5-7,14H2,1-4H3. The van der Waals surface area contributed by atoms with Crippen LogP contribution in [0, 0.1) is 12.8 Å².